The number of benzene rings is 2. The molecule has 1 spiro atoms. The number of ether oxygens (including phenoxy) is 2. The molecule has 0 radical (unpaired) electrons. The van der Waals surface area contributed by atoms with E-state index < -0.39 is 0 Å². The molecule has 4 heteroatoms. The van der Waals surface area contributed by atoms with Crippen molar-refractivity contribution in [2.24, 2.45) is 0 Å². The van der Waals surface area contributed by atoms with Crippen LogP contribution in [0.1, 0.15) is 58.3 Å². The summed E-state index contributed by atoms with van der Waals surface area (Å²) >= 11 is 0. The van der Waals surface area contributed by atoms with Gasteiger partial charge < -0.3 is 14.4 Å². The van der Waals surface area contributed by atoms with Crippen LogP contribution in [0.2, 0.25) is 0 Å². The highest BCUT2D eigenvalue weighted by Gasteiger charge is 2.39. The van der Waals surface area contributed by atoms with Gasteiger partial charge in [-0.05, 0) is 67.0 Å². The van der Waals surface area contributed by atoms with Crippen LogP contribution in [-0.4, -0.2) is 49.3 Å². The van der Waals surface area contributed by atoms with Crippen molar-refractivity contribution in [2.75, 3.05) is 32.8 Å². The third-order valence-electron chi connectivity index (χ3n) is 7.19. The molecule has 6 aliphatic rings. The molecule has 2 aromatic rings. The van der Waals surface area contributed by atoms with E-state index in [1.807, 2.05) is 0 Å². The van der Waals surface area contributed by atoms with Crippen molar-refractivity contribution in [1.82, 2.24) is 4.90 Å². The number of hydrogen-bond donors (Lipinski definition) is 0. The van der Waals surface area contributed by atoms with Crippen LogP contribution in [0, 0.1) is 0 Å². The summed E-state index contributed by atoms with van der Waals surface area (Å²) in [4.78, 5) is 15.6. The van der Waals surface area contributed by atoms with Crippen LogP contribution < -0.4 is 0 Å². The summed E-state index contributed by atoms with van der Waals surface area (Å²) in [5.41, 5.74) is 6.16. The van der Waals surface area contributed by atoms with Gasteiger partial charge >= 0.3 is 0 Å². The summed E-state index contributed by atoms with van der Waals surface area (Å²) in [6.45, 7) is 4.41. The van der Waals surface area contributed by atoms with Gasteiger partial charge in [-0.3, -0.25) is 4.79 Å². The predicted octanol–water partition coefficient (Wildman–Crippen LogP) is 4.37. The van der Waals surface area contributed by atoms with E-state index in [4.69, 9.17) is 9.47 Å². The molecule has 31 heavy (non-hydrogen) atoms. The van der Waals surface area contributed by atoms with Gasteiger partial charge in [0.05, 0.1) is 13.2 Å². The molecule has 0 unspecified atom stereocenters. The number of piperidine rings is 1. The Kier molecular flexibility index (Phi) is 6.22. The van der Waals surface area contributed by atoms with Crippen LogP contribution in [0.4, 0.5) is 0 Å². The maximum Gasteiger partial charge on any atom is 0.170 e. The molecule has 0 amide bonds. The number of nitrogens with zero attached hydrogens (tertiary/aromatic N) is 1. The smallest absolute Gasteiger partial charge is 0.170 e. The van der Waals surface area contributed by atoms with Gasteiger partial charge in [0.2, 0.25) is 0 Å². The quantitative estimate of drug-likeness (QED) is 0.675. The van der Waals surface area contributed by atoms with Crippen molar-refractivity contribution in [3.8, 4) is 0 Å². The third-order valence-corrected chi connectivity index (χ3v) is 7.19. The minimum absolute atomic E-state index is 0.304. The van der Waals surface area contributed by atoms with Gasteiger partial charge in [0.1, 0.15) is 0 Å². The Morgan fingerprint density at radius 2 is 1.45 bits per heavy atom. The van der Waals surface area contributed by atoms with Crippen molar-refractivity contribution in [3.05, 3.63) is 70.3 Å². The molecule has 8 rings (SSSR count). The van der Waals surface area contributed by atoms with Crippen molar-refractivity contribution in [3.63, 3.8) is 0 Å². The number of hydrogen-bond acceptors (Lipinski definition) is 4. The number of aryl methyl sites for hydroxylation is 4. The zero-order valence-electron chi connectivity index (χ0n) is 18.4. The Morgan fingerprint density at radius 1 is 0.839 bits per heavy atom. The topological polar surface area (TPSA) is 38.8 Å². The lowest BCUT2D eigenvalue weighted by molar-refractivity contribution is -0.185. The molecule has 4 aliphatic carbocycles. The highest BCUT2D eigenvalue weighted by Crippen LogP contribution is 2.31. The minimum Gasteiger partial charge on any atom is -0.347 e. The highest BCUT2D eigenvalue weighted by atomic mass is 16.7. The van der Waals surface area contributed by atoms with E-state index in [-0.39, 0.29) is 5.79 Å². The molecule has 2 heterocycles. The summed E-state index contributed by atoms with van der Waals surface area (Å²) in [7, 11) is 0. The van der Waals surface area contributed by atoms with E-state index in [2.05, 4.69) is 47.4 Å². The Hall–Kier alpha value is -2.01. The maximum absolute atomic E-state index is 13.2. The normalized spacial score (nSPS) is 20.6. The number of carbonyl (C=O) groups excluding carboxylic acids is 1. The molecule has 4 nitrogen and oxygen atoms in total. The molecule has 2 aliphatic heterocycles. The molecular weight excluding hydrogens is 386 g/mol. The number of likely N-dealkylation sites (tertiary alicyclic amines) is 1. The number of carbonyl (C=O) groups is 1. The molecule has 4 bridgehead atoms. The maximum atomic E-state index is 13.2. The lowest BCUT2D eigenvalue weighted by atomic mass is 9.91. The van der Waals surface area contributed by atoms with Crippen LogP contribution in [0.15, 0.2) is 42.5 Å². The SMILES string of the molecule is O=C(CCCN1CCC2(CC1)OCCO2)c1cc2ccc1CCc1ccc(cc1)CC2. The van der Waals surface area contributed by atoms with Gasteiger partial charge in [-0.2, -0.15) is 0 Å². The minimum atomic E-state index is -0.315. The largest absolute Gasteiger partial charge is 0.347 e. The molecule has 0 aromatic heterocycles. The lowest BCUT2D eigenvalue weighted by Gasteiger charge is -2.37. The molecule has 0 atom stereocenters. The summed E-state index contributed by atoms with van der Waals surface area (Å²) in [6, 6.07) is 15.6. The van der Waals surface area contributed by atoms with E-state index in [9.17, 15) is 4.79 Å². The number of rotatable bonds is 5. The first kappa shape index (κ1) is 20.9. The van der Waals surface area contributed by atoms with E-state index in [0.717, 1.165) is 83.4 Å². The molecule has 164 valence electrons. The first-order valence-corrected chi connectivity index (χ1v) is 11.9. The predicted molar refractivity (Wildman–Crippen MR) is 122 cm³/mol. The molecule has 2 fully saturated rings. The molecule has 0 saturated carbocycles. The van der Waals surface area contributed by atoms with Crippen LogP contribution in [0.25, 0.3) is 0 Å². The standard InChI is InChI=1S/C27H33NO3/c29-26(2-1-15-28-16-13-27(14-17-28)30-18-19-31-27)25-20-23-8-7-21-3-5-22(6-4-21)9-11-24(25)12-10-23/h3-6,10,12,20H,1-2,7-9,11,13-19H2. The van der Waals surface area contributed by atoms with Crippen LogP contribution in [-0.2, 0) is 35.2 Å². The Morgan fingerprint density at radius 3 is 2.16 bits per heavy atom. The fraction of sp³-hybridized carbons (Fsp3) is 0.519. The second kappa shape index (κ2) is 9.23. The van der Waals surface area contributed by atoms with Gasteiger partial charge in [0, 0.05) is 37.9 Å². The fourth-order valence-corrected chi connectivity index (χ4v) is 5.20. The molecule has 2 saturated heterocycles. The Balaban J connectivity index is 1.18. The van der Waals surface area contributed by atoms with Gasteiger partial charge in [-0.1, -0.05) is 36.4 Å². The first-order chi connectivity index (χ1) is 15.2. The van der Waals surface area contributed by atoms with Gasteiger partial charge in [-0.15, -0.1) is 0 Å². The van der Waals surface area contributed by atoms with Crippen molar-refractivity contribution in [2.45, 2.75) is 57.2 Å². The zero-order valence-corrected chi connectivity index (χ0v) is 18.4. The second-order valence-corrected chi connectivity index (χ2v) is 9.28. The van der Waals surface area contributed by atoms with Crippen molar-refractivity contribution >= 4 is 5.78 Å². The van der Waals surface area contributed by atoms with E-state index in [1.54, 1.807) is 0 Å². The average Bonchev–Trinajstić information content (AvgIpc) is 3.25. The molecule has 2 aromatic carbocycles. The number of Topliss-reactive ketones (excluding diaryl/α,β-unsaturated/α-hetero) is 1. The summed E-state index contributed by atoms with van der Waals surface area (Å²) in [6.07, 6.45) is 7.34. The molecule has 0 N–H and O–H groups in total. The van der Waals surface area contributed by atoms with Gasteiger partial charge in [-0.25, -0.2) is 0 Å². The van der Waals surface area contributed by atoms with E-state index in [0.29, 0.717) is 12.2 Å². The monoisotopic (exact) mass is 419 g/mol. The summed E-state index contributed by atoms with van der Waals surface area (Å²) in [5.74, 6) is -0.0107. The molecular formula is C27H33NO3. The Labute approximate surface area is 185 Å². The van der Waals surface area contributed by atoms with Crippen LogP contribution in [0.3, 0.4) is 0 Å². The van der Waals surface area contributed by atoms with E-state index in [1.165, 1.54) is 22.3 Å². The second-order valence-electron chi connectivity index (χ2n) is 9.28. The average molecular weight is 420 g/mol. The summed E-state index contributed by atoms with van der Waals surface area (Å²) in [5, 5.41) is 0. The van der Waals surface area contributed by atoms with E-state index >= 15 is 0 Å². The van der Waals surface area contributed by atoms with Gasteiger partial charge in [0.25, 0.3) is 0 Å². The van der Waals surface area contributed by atoms with Crippen molar-refractivity contribution in [1.29, 1.82) is 0 Å². The van der Waals surface area contributed by atoms with Gasteiger partial charge in [0.15, 0.2) is 11.6 Å². The van der Waals surface area contributed by atoms with Crippen molar-refractivity contribution < 1.29 is 14.3 Å². The third kappa shape index (κ3) is 4.92. The Bertz CT molecular complexity index is 905. The summed E-state index contributed by atoms with van der Waals surface area (Å²) < 4.78 is 11.6. The highest BCUT2D eigenvalue weighted by molar-refractivity contribution is 5.97. The lowest BCUT2D eigenvalue weighted by Crippen LogP contribution is -2.45. The first-order valence-electron chi connectivity index (χ1n) is 11.9. The van der Waals surface area contributed by atoms with Crippen LogP contribution in [0.5, 0.6) is 0 Å². The number of ketones is 1. The fourth-order valence-electron chi connectivity index (χ4n) is 5.20. The zero-order chi connectivity index (χ0) is 21.1. The van der Waals surface area contributed by atoms with Crippen LogP contribution >= 0.6 is 0 Å².